The fourth-order valence-corrected chi connectivity index (χ4v) is 8.52. The molecule has 358 valence electrons. The number of alkyl halides is 10. The van der Waals surface area contributed by atoms with Gasteiger partial charge >= 0.3 is 30.2 Å². The van der Waals surface area contributed by atoms with E-state index in [9.17, 15) is 66.7 Å². The highest BCUT2D eigenvalue weighted by Crippen LogP contribution is 2.60. The molecule has 4 aromatic rings. The van der Waals surface area contributed by atoms with Gasteiger partial charge in [0, 0.05) is 23.5 Å². The third-order valence-corrected chi connectivity index (χ3v) is 12.5. The van der Waals surface area contributed by atoms with Crippen LogP contribution in [-0.4, -0.2) is 62.8 Å². The minimum atomic E-state index is -6.31. The molecule has 1 aliphatic rings. The fourth-order valence-electron chi connectivity index (χ4n) is 7.13. The summed E-state index contributed by atoms with van der Waals surface area (Å²) in [5.74, 6) is -4.08. The van der Waals surface area contributed by atoms with Crippen molar-refractivity contribution in [2.45, 2.75) is 71.5 Å². The molecule has 5 rings (SSSR count). The number of anilines is 1. The number of nitrogens with one attached hydrogen (secondary N) is 2. The average molecular weight is 1000 g/mol. The zero-order chi connectivity index (χ0) is 50.0. The van der Waals surface area contributed by atoms with Crippen molar-refractivity contribution < 1.29 is 71.4 Å². The average Bonchev–Trinajstić information content (AvgIpc) is 3.74. The first kappa shape index (κ1) is 53.5. The van der Waals surface area contributed by atoms with Gasteiger partial charge in [0.1, 0.15) is 21.5 Å². The first-order chi connectivity index (χ1) is 30.2. The van der Waals surface area contributed by atoms with Crippen molar-refractivity contribution in [3.8, 4) is 11.1 Å². The summed E-state index contributed by atoms with van der Waals surface area (Å²) in [5, 5.41) is 3.23. The number of hydrogen-bond acceptors (Lipinski definition) is 6. The van der Waals surface area contributed by atoms with Crippen molar-refractivity contribution in [2.75, 3.05) is 17.3 Å². The Morgan fingerprint density at radius 3 is 1.97 bits per heavy atom. The molecule has 4 aromatic carbocycles. The number of benzene rings is 4. The Hall–Kier alpha value is -5.14. The van der Waals surface area contributed by atoms with Crippen LogP contribution in [0.25, 0.3) is 11.1 Å². The van der Waals surface area contributed by atoms with E-state index in [1.165, 1.54) is 25.1 Å². The van der Waals surface area contributed by atoms with Gasteiger partial charge in [0.15, 0.2) is 0 Å². The van der Waals surface area contributed by atoms with Crippen molar-refractivity contribution in [2.24, 2.45) is 17.3 Å². The lowest BCUT2D eigenvalue weighted by Crippen LogP contribution is -2.50. The molecule has 2 unspecified atom stereocenters. The molecular weight excluding hydrogens is 957 g/mol. The van der Waals surface area contributed by atoms with E-state index in [2.05, 4.69) is 10.6 Å². The van der Waals surface area contributed by atoms with Crippen LogP contribution in [0.15, 0.2) is 96.0 Å². The molecule has 0 aliphatic heterocycles. The number of hydrogen-bond donors (Lipinski definition) is 2. The van der Waals surface area contributed by atoms with Gasteiger partial charge in [-0.05, 0) is 78.1 Å². The number of halogens is 12. The zero-order valence-corrected chi connectivity index (χ0v) is 38.0. The molecule has 8 nitrogen and oxygen atoms in total. The molecule has 0 aromatic heterocycles. The Kier molecular flexibility index (Phi) is 16.2. The predicted octanol–water partition coefficient (Wildman–Crippen LogP) is 12.0. The van der Waals surface area contributed by atoms with Gasteiger partial charge in [-0.3, -0.25) is 14.4 Å². The summed E-state index contributed by atoms with van der Waals surface area (Å²) < 4.78 is 159. The Labute approximate surface area is 383 Å². The van der Waals surface area contributed by atoms with Gasteiger partial charge in [-0.1, -0.05) is 110 Å². The highest BCUT2D eigenvalue weighted by atomic mass is 35.5. The maximum atomic E-state index is 14.3. The lowest BCUT2D eigenvalue weighted by molar-refractivity contribution is -0.348. The number of sulfone groups is 1. The molecule has 0 heterocycles. The van der Waals surface area contributed by atoms with Crippen LogP contribution in [0.2, 0.25) is 5.02 Å². The summed E-state index contributed by atoms with van der Waals surface area (Å²) in [6.07, 6.45) is -15.3. The summed E-state index contributed by atoms with van der Waals surface area (Å²) in [7, 11) is -3.46. The van der Waals surface area contributed by atoms with Crippen molar-refractivity contribution in [3.05, 3.63) is 134 Å². The van der Waals surface area contributed by atoms with E-state index in [0.29, 0.717) is 12.1 Å². The standard InChI is InChI=1S/C23H22ClF3O2.C22H20ClF7N2O4S/c1-14-16(10-7-11-17(14)15-8-5-4-6-9-15)13-29-21(28)20-18(22(20,2)3)12-19(24)23(25,26)27;1-11-9-13(20(24,21(25,26)27)22(28,29)30)7-8-16(11)32-18(33)14-5-4-6-15(23)17(14)19(34)31-12(2)10-37(3,35)36/h4-12,18,20H,13H2,1-3H3;4-9,12H,10H2,1-3H3,(H,31,34)(H,32,33)/b19-12-;/t;12-/m.0/s1. The number of rotatable bonds is 12. The Bertz CT molecular complexity index is 2590. The summed E-state index contributed by atoms with van der Waals surface area (Å²) in [6, 6.07) is 19.7. The van der Waals surface area contributed by atoms with Crippen LogP contribution in [0.5, 0.6) is 0 Å². The van der Waals surface area contributed by atoms with Crippen LogP contribution in [-0.2, 0) is 31.6 Å². The number of aryl methyl sites for hydroxylation is 1. The van der Waals surface area contributed by atoms with Gasteiger partial charge in [0.25, 0.3) is 11.8 Å². The molecule has 21 heteroatoms. The Morgan fingerprint density at radius 1 is 0.833 bits per heavy atom. The highest BCUT2D eigenvalue weighted by molar-refractivity contribution is 7.90. The van der Waals surface area contributed by atoms with Gasteiger partial charge in [-0.25, -0.2) is 12.8 Å². The number of carbonyl (C=O) groups is 3. The predicted molar refractivity (Wildman–Crippen MR) is 229 cm³/mol. The van der Waals surface area contributed by atoms with Crippen LogP contribution in [0.1, 0.15) is 63.7 Å². The first-order valence-corrected chi connectivity index (χ1v) is 22.3. The zero-order valence-electron chi connectivity index (χ0n) is 35.7. The Morgan fingerprint density at radius 2 is 1.42 bits per heavy atom. The van der Waals surface area contributed by atoms with E-state index in [1.807, 2.05) is 55.5 Å². The van der Waals surface area contributed by atoms with E-state index in [0.717, 1.165) is 41.5 Å². The van der Waals surface area contributed by atoms with Crippen LogP contribution >= 0.6 is 23.2 Å². The van der Waals surface area contributed by atoms with Crippen LogP contribution in [0.3, 0.4) is 0 Å². The van der Waals surface area contributed by atoms with Crippen LogP contribution in [0.4, 0.5) is 49.6 Å². The maximum Gasteiger partial charge on any atom is 0.435 e. The quantitative estimate of drug-likeness (QED) is 0.108. The van der Waals surface area contributed by atoms with Crippen molar-refractivity contribution in [1.29, 1.82) is 0 Å². The number of carbonyl (C=O) groups excluding carboxylic acids is 3. The van der Waals surface area contributed by atoms with E-state index in [1.54, 1.807) is 13.8 Å². The van der Waals surface area contributed by atoms with Crippen molar-refractivity contribution in [1.82, 2.24) is 5.32 Å². The highest BCUT2D eigenvalue weighted by Gasteiger charge is 2.73. The summed E-state index contributed by atoms with van der Waals surface area (Å²) in [5.41, 5.74) is -5.32. The van der Waals surface area contributed by atoms with Crippen molar-refractivity contribution in [3.63, 3.8) is 0 Å². The molecule has 1 saturated carbocycles. The number of ether oxygens (including phenoxy) is 1. The van der Waals surface area contributed by atoms with Crippen LogP contribution < -0.4 is 10.6 Å². The number of esters is 1. The Balaban J connectivity index is 0.000000296. The molecule has 2 N–H and O–H groups in total. The van der Waals surface area contributed by atoms with Gasteiger partial charge in [0.2, 0.25) is 0 Å². The lowest BCUT2D eigenvalue weighted by atomic mass is 9.92. The number of allylic oxidation sites excluding steroid dienone is 2. The fraction of sp³-hybridized carbons (Fsp3) is 0.356. The van der Waals surface area contributed by atoms with E-state index in [4.69, 9.17) is 27.9 Å². The third-order valence-electron chi connectivity index (χ3n) is 10.7. The summed E-state index contributed by atoms with van der Waals surface area (Å²) in [4.78, 5) is 38.1. The van der Waals surface area contributed by atoms with E-state index >= 15 is 0 Å². The second kappa shape index (κ2) is 20.0. The second-order valence-corrected chi connectivity index (χ2v) is 19.2. The normalized spacial score (nSPS) is 16.9. The van der Waals surface area contributed by atoms with Gasteiger partial charge < -0.3 is 15.4 Å². The monoisotopic (exact) mass is 998 g/mol. The van der Waals surface area contributed by atoms with E-state index in [-0.39, 0.29) is 40.1 Å². The topological polar surface area (TPSA) is 119 Å². The molecule has 2 amide bonds. The molecule has 0 saturated heterocycles. The smallest absolute Gasteiger partial charge is 0.435 e. The first-order valence-electron chi connectivity index (χ1n) is 19.5. The molecule has 3 atom stereocenters. The molecule has 0 radical (unpaired) electrons. The van der Waals surface area contributed by atoms with Gasteiger partial charge in [0.05, 0.1) is 27.8 Å². The molecule has 1 aliphatic carbocycles. The number of amides is 2. The SMILES string of the molecule is Cc1c(COC(=O)C2C(/C=C(\Cl)C(F)(F)F)C2(C)C)cccc1-c1ccccc1.Cc1cc(C(F)(C(F)(F)F)C(F)(F)F)ccc1NC(=O)c1cccc(Cl)c1C(=O)N[C@@H](C)CS(C)(=O)=O. The summed E-state index contributed by atoms with van der Waals surface area (Å²) >= 11 is 11.4. The largest absolute Gasteiger partial charge is 0.461 e. The molecular formula is C45H42Cl2F10N2O6S. The molecule has 0 bridgehead atoms. The lowest BCUT2D eigenvalue weighted by Gasteiger charge is -2.30. The minimum absolute atomic E-state index is 0.0708. The van der Waals surface area contributed by atoms with E-state index < -0.39 is 91.5 Å². The second-order valence-electron chi connectivity index (χ2n) is 16.2. The molecule has 0 spiro atoms. The maximum absolute atomic E-state index is 14.3. The van der Waals surface area contributed by atoms with Gasteiger partial charge in [-0.2, -0.15) is 39.5 Å². The minimum Gasteiger partial charge on any atom is -0.461 e. The third kappa shape index (κ3) is 12.4. The van der Waals surface area contributed by atoms with Crippen molar-refractivity contribution >= 4 is 56.5 Å². The van der Waals surface area contributed by atoms with Gasteiger partial charge in [-0.15, -0.1) is 0 Å². The molecule has 66 heavy (non-hydrogen) atoms. The van der Waals surface area contributed by atoms with Crippen LogP contribution in [0, 0.1) is 31.1 Å². The summed E-state index contributed by atoms with van der Waals surface area (Å²) in [6.45, 7) is 7.95. The molecule has 1 fully saturated rings.